The van der Waals surface area contributed by atoms with Crippen LogP contribution in [-0.4, -0.2) is 44.9 Å². The number of carbonyl (C=O) groups is 2. The lowest BCUT2D eigenvalue weighted by Gasteiger charge is -2.37. The van der Waals surface area contributed by atoms with Crippen molar-refractivity contribution in [1.29, 1.82) is 0 Å². The molecule has 1 rings (SSSR count). The molecule has 0 saturated carbocycles. The van der Waals surface area contributed by atoms with Crippen molar-refractivity contribution >= 4 is 20.3 Å². The van der Waals surface area contributed by atoms with Crippen LogP contribution in [0.3, 0.4) is 0 Å². The first-order valence-corrected chi connectivity index (χ1v) is 11.0. The van der Waals surface area contributed by atoms with E-state index in [2.05, 4.69) is 33.9 Å². The van der Waals surface area contributed by atoms with Crippen LogP contribution in [0.15, 0.2) is 12.2 Å². The van der Waals surface area contributed by atoms with Gasteiger partial charge < -0.3 is 18.6 Å². The fourth-order valence-corrected chi connectivity index (χ4v) is 2.61. The molecule has 0 amide bonds. The van der Waals surface area contributed by atoms with Crippen molar-refractivity contribution in [3.63, 3.8) is 0 Å². The zero-order valence-corrected chi connectivity index (χ0v) is 17.0. The van der Waals surface area contributed by atoms with E-state index < -0.39 is 32.5 Å². The van der Waals surface area contributed by atoms with Crippen molar-refractivity contribution in [3.05, 3.63) is 12.2 Å². The minimum absolute atomic E-state index is 0.0347. The van der Waals surface area contributed by atoms with Gasteiger partial charge in [0.2, 0.25) is 6.29 Å². The zero-order valence-electron chi connectivity index (χ0n) is 16.0. The Hall–Kier alpha value is -1.18. The minimum Gasteiger partial charge on any atom is -0.428 e. The van der Waals surface area contributed by atoms with Gasteiger partial charge in [-0.2, -0.15) is 0 Å². The lowest BCUT2D eigenvalue weighted by molar-refractivity contribution is -0.161. The van der Waals surface area contributed by atoms with Gasteiger partial charge in [-0.3, -0.25) is 4.79 Å². The smallest absolute Gasteiger partial charge is 0.428 e. The van der Waals surface area contributed by atoms with Gasteiger partial charge in [0.25, 0.3) is 0 Å². The van der Waals surface area contributed by atoms with Crippen molar-refractivity contribution in [3.8, 4) is 0 Å². The van der Waals surface area contributed by atoms with Gasteiger partial charge in [0, 0.05) is 0 Å². The Bertz CT molecular complexity index is 498. The fourth-order valence-electron chi connectivity index (χ4n) is 1.61. The molecule has 6 nitrogen and oxygen atoms in total. The Morgan fingerprint density at radius 1 is 1.21 bits per heavy atom. The highest BCUT2D eigenvalue weighted by Gasteiger charge is 2.39. The Kier molecular flexibility index (Phi) is 6.41. The van der Waals surface area contributed by atoms with Crippen molar-refractivity contribution in [2.45, 2.75) is 77.7 Å². The first-order valence-electron chi connectivity index (χ1n) is 8.12. The van der Waals surface area contributed by atoms with E-state index in [0.717, 1.165) is 0 Å². The predicted octanol–water partition coefficient (Wildman–Crippen LogP) is 3.81. The summed E-state index contributed by atoms with van der Waals surface area (Å²) in [6.07, 6.45) is 0.186. The summed E-state index contributed by atoms with van der Waals surface area (Å²) in [6.45, 7) is 15.9. The van der Waals surface area contributed by atoms with Gasteiger partial charge in [-0.05, 0) is 51.1 Å². The third-order valence-electron chi connectivity index (χ3n) is 4.04. The van der Waals surface area contributed by atoms with Crippen molar-refractivity contribution < 1.29 is 28.2 Å². The first-order chi connectivity index (χ1) is 10.7. The third kappa shape index (κ3) is 6.37. The molecule has 0 aromatic rings. The number of carbonyl (C=O) groups excluding carboxylic acids is 2. The second-order valence-electron chi connectivity index (χ2n) is 8.41. The Morgan fingerprint density at radius 2 is 1.79 bits per heavy atom. The summed E-state index contributed by atoms with van der Waals surface area (Å²) >= 11 is 0. The van der Waals surface area contributed by atoms with Gasteiger partial charge in [-0.1, -0.05) is 20.8 Å². The molecule has 0 aliphatic carbocycles. The summed E-state index contributed by atoms with van der Waals surface area (Å²) in [5.74, 6) is -0.197. The van der Waals surface area contributed by atoms with Gasteiger partial charge in [0.15, 0.2) is 14.1 Å². The van der Waals surface area contributed by atoms with E-state index in [-0.39, 0.29) is 17.4 Å². The van der Waals surface area contributed by atoms with E-state index in [1.807, 2.05) is 0 Å². The molecule has 7 heteroatoms. The topological polar surface area (TPSA) is 71.1 Å². The molecule has 0 bridgehead atoms. The maximum atomic E-state index is 12.0. The van der Waals surface area contributed by atoms with E-state index in [0.29, 0.717) is 0 Å². The number of hydrogen-bond donors (Lipinski definition) is 0. The van der Waals surface area contributed by atoms with Gasteiger partial charge >= 0.3 is 6.16 Å². The highest BCUT2D eigenvalue weighted by molar-refractivity contribution is 6.74. The number of ketones is 1. The van der Waals surface area contributed by atoms with Gasteiger partial charge in [0.1, 0.15) is 11.7 Å². The molecule has 1 heterocycles. The molecule has 0 aromatic carbocycles. The maximum absolute atomic E-state index is 12.0. The zero-order chi connectivity index (χ0) is 18.8. The number of hydrogen-bond acceptors (Lipinski definition) is 6. The van der Waals surface area contributed by atoms with Crippen LogP contribution in [0.4, 0.5) is 4.79 Å². The SMILES string of the molecule is CC(C)(C)OC(=O)O[C@H]1C=CC(=O)[C@H](CO[Si](C)(C)C(C)(C)C)O1. The molecule has 0 fully saturated rings. The fraction of sp³-hybridized carbons (Fsp3) is 0.765. The normalized spacial score (nSPS) is 22.4. The Balaban J connectivity index is 2.61. The van der Waals surface area contributed by atoms with Crippen LogP contribution in [0, 0.1) is 0 Å². The summed E-state index contributed by atoms with van der Waals surface area (Å²) in [4.78, 5) is 23.7. The molecular weight excluding hydrogens is 328 g/mol. The Morgan fingerprint density at radius 3 is 2.29 bits per heavy atom. The standard InChI is InChI=1S/C17H30O6Si/c1-16(2,3)23-15(19)22-14-10-9-12(18)13(21-14)11-20-24(7,8)17(4,5)6/h9-10,13-14H,11H2,1-8H3/t13-,14-/m0/s1. The molecule has 24 heavy (non-hydrogen) atoms. The Labute approximate surface area is 145 Å². The number of rotatable bonds is 4. The summed E-state index contributed by atoms with van der Waals surface area (Å²) in [5.41, 5.74) is -0.657. The van der Waals surface area contributed by atoms with Crippen molar-refractivity contribution in [1.82, 2.24) is 0 Å². The quantitative estimate of drug-likeness (QED) is 0.562. The van der Waals surface area contributed by atoms with Crippen LogP contribution >= 0.6 is 0 Å². The molecular formula is C17H30O6Si. The molecule has 0 aromatic heterocycles. The monoisotopic (exact) mass is 358 g/mol. The highest BCUT2D eigenvalue weighted by Crippen LogP contribution is 2.36. The van der Waals surface area contributed by atoms with Crippen LogP contribution in [-0.2, 0) is 23.4 Å². The molecule has 1 aliphatic rings. The average molecular weight is 359 g/mol. The summed E-state index contributed by atoms with van der Waals surface area (Å²) in [7, 11) is -1.99. The largest absolute Gasteiger partial charge is 0.511 e. The van der Waals surface area contributed by atoms with Crippen molar-refractivity contribution in [2.75, 3.05) is 6.61 Å². The number of ether oxygens (including phenoxy) is 3. The van der Waals surface area contributed by atoms with Crippen LogP contribution in [0.5, 0.6) is 0 Å². The molecule has 2 atom stereocenters. The lowest BCUT2D eigenvalue weighted by Crippen LogP contribution is -2.45. The molecule has 1 aliphatic heterocycles. The molecule has 0 N–H and O–H groups in total. The average Bonchev–Trinajstić information content (AvgIpc) is 2.35. The van der Waals surface area contributed by atoms with Crippen LogP contribution < -0.4 is 0 Å². The predicted molar refractivity (Wildman–Crippen MR) is 93.3 cm³/mol. The second-order valence-corrected chi connectivity index (χ2v) is 13.2. The van der Waals surface area contributed by atoms with E-state index in [1.54, 1.807) is 20.8 Å². The lowest BCUT2D eigenvalue weighted by atomic mass is 10.2. The third-order valence-corrected chi connectivity index (χ3v) is 8.54. The summed E-state index contributed by atoms with van der Waals surface area (Å²) in [6, 6.07) is 0. The van der Waals surface area contributed by atoms with Crippen molar-refractivity contribution in [2.24, 2.45) is 0 Å². The van der Waals surface area contributed by atoms with Crippen LogP contribution in [0.1, 0.15) is 41.5 Å². The van der Waals surface area contributed by atoms with Crippen LogP contribution in [0.2, 0.25) is 18.1 Å². The molecule has 0 radical (unpaired) electrons. The van der Waals surface area contributed by atoms with E-state index in [9.17, 15) is 9.59 Å². The first kappa shape index (κ1) is 20.9. The molecule has 0 unspecified atom stereocenters. The van der Waals surface area contributed by atoms with Gasteiger partial charge in [0.05, 0.1) is 6.61 Å². The van der Waals surface area contributed by atoms with E-state index in [4.69, 9.17) is 18.6 Å². The molecule has 138 valence electrons. The second kappa shape index (κ2) is 7.37. The molecule has 0 spiro atoms. The van der Waals surface area contributed by atoms with E-state index >= 15 is 0 Å². The van der Waals surface area contributed by atoms with Gasteiger partial charge in [-0.25, -0.2) is 4.79 Å². The van der Waals surface area contributed by atoms with Crippen LogP contribution in [0.25, 0.3) is 0 Å². The highest BCUT2D eigenvalue weighted by atomic mass is 28.4. The summed E-state index contributed by atoms with van der Waals surface area (Å²) < 4.78 is 21.7. The summed E-state index contributed by atoms with van der Waals surface area (Å²) in [5, 5.41) is 0.0347. The molecule has 0 saturated heterocycles. The van der Waals surface area contributed by atoms with Gasteiger partial charge in [-0.15, -0.1) is 0 Å². The van der Waals surface area contributed by atoms with E-state index in [1.165, 1.54) is 12.2 Å². The minimum atomic E-state index is -1.99. The maximum Gasteiger partial charge on any atom is 0.511 e.